The monoisotopic (exact) mass is 386 g/mol. The zero-order chi connectivity index (χ0) is 19.7. The molecule has 0 saturated carbocycles. The molecule has 3 aliphatic heterocycles. The molecule has 6 heteroatoms. The van der Waals surface area contributed by atoms with Gasteiger partial charge in [-0.2, -0.15) is 0 Å². The molecule has 28 heavy (non-hydrogen) atoms. The van der Waals surface area contributed by atoms with Crippen LogP contribution in [-0.2, 0) is 17.8 Å². The molecule has 3 aliphatic rings. The summed E-state index contributed by atoms with van der Waals surface area (Å²) in [4.78, 5) is 34.5. The van der Waals surface area contributed by atoms with E-state index in [0.29, 0.717) is 18.4 Å². The van der Waals surface area contributed by atoms with E-state index in [1.165, 1.54) is 12.8 Å². The van der Waals surface area contributed by atoms with Crippen LogP contribution in [0.2, 0.25) is 0 Å². The van der Waals surface area contributed by atoms with E-state index in [2.05, 4.69) is 23.6 Å². The smallest absolute Gasteiger partial charge is 0.253 e. The van der Waals surface area contributed by atoms with E-state index in [0.717, 1.165) is 69.9 Å². The minimum atomic E-state index is 0.104. The van der Waals surface area contributed by atoms with Crippen molar-refractivity contribution in [3.8, 4) is 0 Å². The normalized spacial score (nSPS) is 28.8. The molecule has 0 N–H and O–H groups in total. The first-order valence-electron chi connectivity index (χ1n) is 11.1. The van der Waals surface area contributed by atoms with Gasteiger partial charge in [-0.05, 0) is 44.1 Å². The molecule has 0 unspecified atom stereocenters. The summed E-state index contributed by atoms with van der Waals surface area (Å²) in [5.74, 6) is 2.68. The van der Waals surface area contributed by atoms with Gasteiger partial charge in [0.25, 0.3) is 5.56 Å². The number of hydrogen-bond acceptors (Lipinski definition) is 4. The largest absolute Gasteiger partial charge is 0.341 e. The molecule has 154 valence electrons. The predicted molar refractivity (Wildman–Crippen MR) is 109 cm³/mol. The Balaban J connectivity index is 1.39. The van der Waals surface area contributed by atoms with Crippen molar-refractivity contribution in [2.24, 2.45) is 11.8 Å². The van der Waals surface area contributed by atoms with Gasteiger partial charge in [-0.3, -0.25) is 19.1 Å². The van der Waals surface area contributed by atoms with Crippen LogP contribution in [-0.4, -0.2) is 58.0 Å². The number of amides is 1. The number of nitrogens with zero attached hydrogens (tertiary/aromatic N) is 4. The first-order valence-corrected chi connectivity index (χ1v) is 11.1. The van der Waals surface area contributed by atoms with Crippen molar-refractivity contribution < 1.29 is 4.79 Å². The van der Waals surface area contributed by atoms with Crippen molar-refractivity contribution in [3.05, 3.63) is 27.9 Å². The van der Waals surface area contributed by atoms with Gasteiger partial charge in [-0.1, -0.05) is 20.3 Å². The van der Waals surface area contributed by atoms with Gasteiger partial charge in [0.15, 0.2) is 0 Å². The molecule has 0 spiro atoms. The highest BCUT2D eigenvalue weighted by Crippen LogP contribution is 2.27. The van der Waals surface area contributed by atoms with Crippen LogP contribution in [0.1, 0.15) is 63.4 Å². The predicted octanol–water partition coefficient (Wildman–Crippen LogP) is 2.26. The Morgan fingerprint density at radius 2 is 1.89 bits per heavy atom. The maximum atomic E-state index is 12.8. The Hall–Kier alpha value is -1.69. The molecule has 4 rings (SSSR count). The van der Waals surface area contributed by atoms with Crippen molar-refractivity contribution >= 4 is 5.91 Å². The summed E-state index contributed by atoms with van der Waals surface area (Å²) in [6, 6.07) is 1.75. The Bertz CT molecular complexity index is 764. The second-order valence-electron chi connectivity index (χ2n) is 9.36. The highest BCUT2D eigenvalue weighted by atomic mass is 16.2. The summed E-state index contributed by atoms with van der Waals surface area (Å²) in [6.45, 7) is 9.32. The highest BCUT2D eigenvalue weighted by molar-refractivity contribution is 5.78. The van der Waals surface area contributed by atoms with Gasteiger partial charge < -0.3 is 4.90 Å². The van der Waals surface area contributed by atoms with Gasteiger partial charge >= 0.3 is 0 Å². The van der Waals surface area contributed by atoms with Crippen molar-refractivity contribution in [2.75, 3.05) is 32.7 Å². The zero-order valence-electron chi connectivity index (χ0n) is 17.4. The van der Waals surface area contributed by atoms with Gasteiger partial charge in [0.1, 0.15) is 5.82 Å². The van der Waals surface area contributed by atoms with E-state index in [4.69, 9.17) is 4.98 Å². The van der Waals surface area contributed by atoms with Crippen LogP contribution < -0.4 is 5.56 Å². The summed E-state index contributed by atoms with van der Waals surface area (Å²) in [5.41, 5.74) is 1.04. The van der Waals surface area contributed by atoms with E-state index < -0.39 is 0 Å². The van der Waals surface area contributed by atoms with Crippen LogP contribution in [0.4, 0.5) is 0 Å². The molecule has 4 heterocycles. The number of hydrogen-bond donors (Lipinski definition) is 0. The highest BCUT2D eigenvalue weighted by Gasteiger charge is 2.31. The van der Waals surface area contributed by atoms with Crippen molar-refractivity contribution in [1.29, 1.82) is 0 Å². The molecule has 0 aromatic carbocycles. The van der Waals surface area contributed by atoms with E-state index in [1.807, 2.05) is 4.57 Å². The number of aryl methyl sites for hydroxylation is 1. The molecule has 1 aromatic heterocycles. The second-order valence-corrected chi connectivity index (χ2v) is 9.36. The number of rotatable bonds is 3. The summed E-state index contributed by atoms with van der Waals surface area (Å²) in [7, 11) is 0. The second kappa shape index (κ2) is 8.36. The SMILES string of the molecule is C[C@@H]1C[C@@H](C)CN(C(=O)CN2CC[C@@H](c3cc(=O)n4c(n3)CCCCC4)C2)C1. The van der Waals surface area contributed by atoms with Crippen LogP contribution in [0.3, 0.4) is 0 Å². The molecule has 3 atom stereocenters. The Labute approximate surface area is 167 Å². The molecule has 1 aromatic rings. The van der Waals surface area contributed by atoms with Crippen LogP contribution in [0.25, 0.3) is 0 Å². The average molecular weight is 387 g/mol. The van der Waals surface area contributed by atoms with Gasteiger partial charge in [-0.25, -0.2) is 4.98 Å². The van der Waals surface area contributed by atoms with Crippen LogP contribution in [0.15, 0.2) is 10.9 Å². The fourth-order valence-electron chi connectivity index (χ4n) is 5.32. The lowest BCUT2D eigenvalue weighted by Gasteiger charge is -2.35. The molecular weight excluding hydrogens is 352 g/mol. The maximum Gasteiger partial charge on any atom is 0.253 e. The van der Waals surface area contributed by atoms with Gasteiger partial charge in [0, 0.05) is 44.6 Å². The number of carbonyl (C=O) groups is 1. The topological polar surface area (TPSA) is 58.4 Å². The quantitative estimate of drug-likeness (QED) is 0.800. The molecule has 0 bridgehead atoms. The fraction of sp³-hybridized carbons (Fsp3) is 0.773. The Morgan fingerprint density at radius 3 is 2.68 bits per heavy atom. The first kappa shape index (κ1) is 19.6. The van der Waals surface area contributed by atoms with Crippen LogP contribution in [0.5, 0.6) is 0 Å². The van der Waals surface area contributed by atoms with Crippen LogP contribution in [0, 0.1) is 11.8 Å². The fourth-order valence-corrected chi connectivity index (χ4v) is 5.32. The minimum absolute atomic E-state index is 0.104. The summed E-state index contributed by atoms with van der Waals surface area (Å²) >= 11 is 0. The van der Waals surface area contributed by atoms with Crippen molar-refractivity contribution in [3.63, 3.8) is 0 Å². The third-order valence-corrected chi connectivity index (χ3v) is 6.66. The standard InChI is InChI=1S/C22H34N4O2/c1-16-10-17(2)13-25(12-16)22(28)15-24-9-7-18(14-24)19-11-21(27)26-8-5-3-4-6-20(26)23-19/h11,16-18H,3-10,12-15H2,1-2H3/t16-,17-,18-/m1/s1. The lowest BCUT2D eigenvalue weighted by Crippen LogP contribution is -2.46. The number of carbonyl (C=O) groups excluding carboxylic acids is 1. The number of piperidine rings is 1. The molecule has 2 fully saturated rings. The molecule has 2 saturated heterocycles. The molecular formula is C22H34N4O2. The van der Waals surface area contributed by atoms with Crippen molar-refractivity contribution in [1.82, 2.24) is 19.4 Å². The van der Waals surface area contributed by atoms with Gasteiger partial charge in [0.2, 0.25) is 5.91 Å². The summed E-state index contributed by atoms with van der Waals surface area (Å²) in [6.07, 6.45) is 6.47. The third kappa shape index (κ3) is 4.32. The van der Waals surface area contributed by atoms with E-state index in [1.54, 1.807) is 6.07 Å². The minimum Gasteiger partial charge on any atom is -0.341 e. The zero-order valence-corrected chi connectivity index (χ0v) is 17.4. The van der Waals surface area contributed by atoms with E-state index >= 15 is 0 Å². The Morgan fingerprint density at radius 1 is 1.11 bits per heavy atom. The molecule has 0 aliphatic carbocycles. The Kier molecular flexibility index (Phi) is 5.85. The maximum absolute atomic E-state index is 12.8. The number of fused-ring (bicyclic) bond motifs is 1. The summed E-state index contributed by atoms with van der Waals surface area (Å²) in [5, 5.41) is 0. The lowest BCUT2D eigenvalue weighted by molar-refractivity contribution is -0.134. The molecule has 6 nitrogen and oxygen atoms in total. The summed E-state index contributed by atoms with van der Waals surface area (Å²) < 4.78 is 1.87. The lowest BCUT2D eigenvalue weighted by atomic mass is 9.92. The third-order valence-electron chi connectivity index (χ3n) is 6.66. The van der Waals surface area contributed by atoms with Gasteiger partial charge in [0.05, 0.1) is 12.2 Å². The van der Waals surface area contributed by atoms with Crippen LogP contribution >= 0.6 is 0 Å². The van der Waals surface area contributed by atoms with E-state index in [9.17, 15) is 9.59 Å². The molecule has 1 amide bonds. The van der Waals surface area contributed by atoms with Crippen molar-refractivity contribution in [2.45, 2.75) is 64.8 Å². The average Bonchev–Trinajstić information content (AvgIpc) is 2.97. The number of aromatic nitrogens is 2. The number of likely N-dealkylation sites (tertiary alicyclic amines) is 2. The molecule has 0 radical (unpaired) electrons. The van der Waals surface area contributed by atoms with Gasteiger partial charge in [-0.15, -0.1) is 0 Å². The first-order chi connectivity index (χ1) is 13.5. The van der Waals surface area contributed by atoms with E-state index in [-0.39, 0.29) is 17.4 Å².